The van der Waals surface area contributed by atoms with E-state index in [0.717, 1.165) is 5.69 Å². The molecular weight excluding hydrogens is 265 g/mol. The molecule has 0 radical (unpaired) electrons. The Hall–Kier alpha value is -1.94. The zero-order valence-corrected chi connectivity index (χ0v) is 12.8. The summed E-state index contributed by atoms with van der Waals surface area (Å²) in [6, 6.07) is 11.8. The Morgan fingerprint density at radius 2 is 1.90 bits per heavy atom. The lowest BCUT2D eigenvalue weighted by Gasteiger charge is -2.23. The smallest absolute Gasteiger partial charge is 0.170 e. The summed E-state index contributed by atoms with van der Waals surface area (Å²) >= 11 is 0. The van der Waals surface area contributed by atoms with Crippen LogP contribution in [0, 0.1) is 5.82 Å². The predicted molar refractivity (Wildman–Crippen MR) is 85.3 cm³/mol. The molecule has 0 atom stereocenters. The molecule has 0 bridgehead atoms. The highest BCUT2D eigenvalue weighted by molar-refractivity contribution is 5.60. The van der Waals surface area contributed by atoms with E-state index in [2.05, 4.69) is 10.3 Å². The molecule has 0 aliphatic carbocycles. The Balaban J connectivity index is 2.32. The van der Waals surface area contributed by atoms with Gasteiger partial charge in [0.2, 0.25) is 0 Å². The van der Waals surface area contributed by atoms with Crippen molar-refractivity contribution in [2.75, 3.05) is 11.4 Å². The highest BCUT2D eigenvalue weighted by Gasteiger charge is 2.16. The minimum absolute atomic E-state index is 0.253. The first-order valence-corrected chi connectivity index (χ1v) is 7.32. The lowest BCUT2D eigenvalue weighted by Crippen LogP contribution is -2.24. The van der Waals surface area contributed by atoms with Gasteiger partial charge in [0.05, 0.1) is 0 Å². The summed E-state index contributed by atoms with van der Waals surface area (Å²) in [5.74, 6) is 0.128. The van der Waals surface area contributed by atoms with Crippen LogP contribution >= 0.6 is 0 Å². The van der Waals surface area contributed by atoms with Gasteiger partial charge in [0.15, 0.2) is 11.6 Å². The SMILES string of the molecule is CCN(c1ccccc1)c1nccc(CNC(C)C)c1F. The van der Waals surface area contributed by atoms with Crippen LogP contribution in [-0.4, -0.2) is 17.6 Å². The molecule has 0 fully saturated rings. The number of benzene rings is 1. The topological polar surface area (TPSA) is 28.2 Å². The van der Waals surface area contributed by atoms with Crippen LogP contribution in [-0.2, 0) is 6.54 Å². The number of hydrogen-bond donors (Lipinski definition) is 1. The van der Waals surface area contributed by atoms with Gasteiger partial charge in [-0.3, -0.25) is 0 Å². The van der Waals surface area contributed by atoms with Gasteiger partial charge < -0.3 is 10.2 Å². The molecule has 0 aliphatic heterocycles. The fourth-order valence-corrected chi connectivity index (χ4v) is 2.17. The minimum atomic E-state index is -0.253. The lowest BCUT2D eigenvalue weighted by atomic mass is 10.2. The van der Waals surface area contributed by atoms with Crippen LogP contribution in [0.4, 0.5) is 15.9 Å². The van der Waals surface area contributed by atoms with Crippen molar-refractivity contribution in [1.29, 1.82) is 0 Å². The van der Waals surface area contributed by atoms with E-state index in [1.807, 2.05) is 56.0 Å². The van der Waals surface area contributed by atoms with E-state index >= 15 is 0 Å². The van der Waals surface area contributed by atoms with E-state index in [4.69, 9.17) is 0 Å². The first-order chi connectivity index (χ1) is 10.1. The summed E-state index contributed by atoms with van der Waals surface area (Å²) in [6.07, 6.45) is 1.67. The number of aromatic nitrogens is 1. The molecule has 0 unspecified atom stereocenters. The molecule has 1 N–H and O–H groups in total. The summed E-state index contributed by atoms with van der Waals surface area (Å²) in [5, 5.41) is 3.24. The summed E-state index contributed by atoms with van der Waals surface area (Å²) in [7, 11) is 0. The molecule has 0 saturated carbocycles. The van der Waals surface area contributed by atoms with Crippen LogP contribution in [0.25, 0.3) is 0 Å². The van der Waals surface area contributed by atoms with Crippen molar-refractivity contribution in [1.82, 2.24) is 10.3 Å². The molecule has 112 valence electrons. The van der Waals surface area contributed by atoms with E-state index in [9.17, 15) is 4.39 Å². The second-order valence-corrected chi connectivity index (χ2v) is 5.22. The molecule has 2 aromatic rings. The summed E-state index contributed by atoms with van der Waals surface area (Å²) in [4.78, 5) is 6.12. The van der Waals surface area contributed by atoms with Gasteiger partial charge in [0.25, 0.3) is 0 Å². The molecule has 3 nitrogen and oxygen atoms in total. The minimum Gasteiger partial charge on any atom is -0.324 e. The van der Waals surface area contributed by atoms with Crippen LogP contribution in [0.3, 0.4) is 0 Å². The number of para-hydroxylation sites is 1. The first kappa shape index (κ1) is 15.4. The molecule has 0 saturated heterocycles. The molecule has 0 aliphatic rings. The number of nitrogens with zero attached hydrogens (tertiary/aromatic N) is 2. The van der Waals surface area contributed by atoms with Crippen LogP contribution in [0.15, 0.2) is 42.6 Å². The van der Waals surface area contributed by atoms with Crippen LogP contribution < -0.4 is 10.2 Å². The monoisotopic (exact) mass is 287 g/mol. The van der Waals surface area contributed by atoms with Gasteiger partial charge in [-0.05, 0) is 25.1 Å². The normalized spacial score (nSPS) is 10.9. The van der Waals surface area contributed by atoms with Crippen LogP contribution in [0.5, 0.6) is 0 Å². The van der Waals surface area contributed by atoms with Crippen LogP contribution in [0.2, 0.25) is 0 Å². The van der Waals surface area contributed by atoms with Gasteiger partial charge in [-0.15, -0.1) is 0 Å². The van der Waals surface area contributed by atoms with Gasteiger partial charge in [-0.2, -0.15) is 0 Å². The maximum atomic E-state index is 14.7. The molecule has 1 aromatic carbocycles. The van der Waals surface area contributed by atoms with Gasteiger partial charge in [-0.1, -0.05) is 32.0 Å². The number of pyridine rings is 1. The molecule has 2 rings (SSSR count). The van der Waals surface area contributed by atoms with Gasteiger partial charge >= 0.3 is 0 Å². The Bertz CT molecular complexity index is 570. The molecule has 1 aromatic heterocycles. The average Bonchev–Trinajstić information content (AvgIpc) is 2.49. The van der Waals surface area contributed by atoms with E-state index < -0.39 is 0 Å². The predicted octanol–water partition coefficient (Wildman–Crippen LogP) is 3.88. The number of halogens is 1. The zero-order valence-electron chi connectivity index (χ0n) is 12.8. The second-order valence-electron chi connectivity index (χ2n) is 5.22. The Labute approximate surface area is 125 Å². The highest BCUT2D eigenvalue weighted by atomic mass is 19.1. The zero-order chi connectivity index (χ0) is 15.2. The third-order valence-electron chi connectivity index (χ3n) is 3.29. The third-order valence-corrected chi connectivity index (χ3v) is 3.29. The Kier molecular flexibility index (Phi) is 5.28. The molecule has 0 spiro atoms. The second kappa shape index (κ2) is 7.18. The summed E-state index contributed by atoms with van der Waals surface area (Å²) < 4.78 is 14.7. The van der Waals surface area contributed by atoms with Gasteiger partial charge in [0, 0.05) is 36.6 Å². The van der Waals surface area contributed by atoms with Crippen molar-refractivity contribution in [3.63, 3.8) is 0 Å². The van der Waals surface area contributed by atoms with Crippen molar-refractivity contribution in [3.8, 4) is 0 Å². The van der Waals surface area contributed by atoms with Crippen molar-refractivity contribution in [2.45, 2.75) is 33.4 Å². The number of anilines is 2. The Morgan fingerprint density at radius 3 is 2.52 bits per heavy atom. The maximum absolute atomic E-state index is 14.7. The van der Waals surface area contributed by atoms with E-state index in [0.29, 0.717) is 30.5 Å². The fraction of sp³-hybridized carbons (Fsp3) is 0.353. The van der Waals surface area contributed by atoms with Gasteiger partial charge in [0.1, 0.15) is 0 Å². The van der Waals surface area contributed by atoms with E-state index in [-0.39, 0.29) is 5.82 Å². The molecule has 1 heterocycles. The lowest BCUT2D eigenvalue weighted by molar-refractivity contribution is 0.550. The summed E-state index contributed by atoms with van der Waals surface area (Å²) in [5.41, 5.74) is 1.59. The molecule has 21 heavy (non-hydrogen) atoms. The van der Waals surface area contributed by atoms with Crippen molar-refractivity contribution >= 4 is 11.5 Å². The number of nitrogens with one attached hydrogen (secondary N) is 1. The summed E-state index contributed by atoms with van der Waals surface area (Å²) in [6.45, 7) is 7.25. The molecular formula is C17H22FN3. The highest BCUT2D eigenvalue weighted by Crippen LogP contribution is 2.26. The van der Waals surface area contributed by atoms with Crippen molar-refractivity contribution in [3.05, 3.63) is 54.0 Å². The number of hydrogen-bond acceptors (Lipinski definition) is 3. The maximum Gasteiger partial charge on any atom is 0.170 e. The molecule has 0 amide bonds. The van der Waals surface area contributed by atoms with Crippen molar-refractivity contribution < 1.29 is 4.39 Å². The third kappa shape index (κ3) is 3.79. The first-order valence-electron chi connectivity index (χ1n) is 7.32. The fourth-order valence-electron chi connectivity index (χ4n) is 2.17. The van der Waals surface area contributed by atoms with Crippen molar-refractivity contribution in [2.24, 2.45) is 0 Å². The molecule has 4 heteroatoms. The standard InChI is InChI=1S/C17H22FN3/c1-4-21(15-8-6-5-7-9-15)17-16(18)14(10-11-19-17)12-20-13(2)3/h5-11,13,20H,4,12H2,1-3H3. The quantitative estimate of drug-likeness (QED) is 0.874. The van der Waals surface area contributed by atoms with E-state index in [1.54, 1.807) is 12.3 Å². The largest absolute Gasteiger partial charge is 0.324 e. The number of rotatable bonds is 6. The van der Waals surface area contributed by atoms with E-state index in [1.165, 1.54) is 0 Å². The van der Waals surface area contributed by atoms with Crippen LogP contribution in [0.1, 0.15) is 26.3 Å². The van der Waals surface area contributed by atoms with Gasteiger partial charge in [-0.25, -0.2) is 9.37 Å². The Morgan fingerprint density at radius 1 is 1.19 bits per heavy atom. The average molecular weight is 287 g/mol.